The lowest BCUT2D eigenvalue weighted by Crippen LogP contribution is -2.50. The highest BCUT2D eigenvalue weighted by Crippen LogP contribution is 2.18. The average Bonchev–Trinajstić information content (AvgIpc) is 3.29. The normalized spacial score (nSPS) is 14.8. The highest BCUT2D eigenvalue weighted by atomic mass is 16.3. The van der Waals surface area contributed by atoms with Gasteiger partial charge >= 0.3 is 0 Å². The van der Waals surface area contributed by atoms with Crippen LogP contribution in [0.4, 0.5) is 0 Å². The van der Waals surface area contributed by atoms with Crippen LogP contribution in [-0.4, -0.2) is 57.6 Å². The molecule has 1 fully saturated rings. The number of amides is 2. The van der Waals surface area contributed by atoms with Crippen molar-refractivity contribution < 1.29 is 14.0 Å². The van der Waals surface area contributed by atoms with Gasteiger partial charge in [0.2, 0.25) is 5.91 Å². The Labute approximate surface area is 166 Å². The molecule has 2 amide bonds. The summed E-state index contributed by atoms with van der Waals surface area (Å²) in [5.41, 5.74) is 3.92. The van der Waals surface area contributed by atoms with E-state index >= 15 is 0 Å². The van der Waals surface area contributed by atoms with Crippen LogP contribution in [0.15, 0.2) is 23.0 Å². The maximum absolute atomic E-state index is 12.7. The van der Waals surface area contributed by atoms with Crippen molar-refractivity contribution >= 4 is 11.8 Å². The number of aryl methyl sites for hydroxylation is 1. The molecule has 2 aromatic rings. The lowest BCUT2D eigenvalue weighted by molar-refractivity contribution is -0.132. The molecule has 28 heavy (non-hydrogen) atoms. The Hall–Kier alpha value is -2.57. The van der Waals surface area contributed by atoms with Gasteiger partial charge in [-0.3, -0.25) is 14.3 Å². The predicted molar refractivity (Wildman–Crippen MR) is 106 cm³/mol. The largest absolute Gasteiger partial charge is 0.472 e. The van der Waals surface area contributed by atoms with E-state index in [0.29, 0.717) is 50.5 Å². The van der Waals surface area contributed by atoms with Crippen LogP contribution < -0.4 is 0 Å². The molecule has 0 saturated carbocycles. The van der Waals surface area contributed by atoms with Crippen molar-refractivity contribution in [2.45, 2.75) is 47.1 Å². The summed E-state index contributed by atoms with van der Waals surface area (Å²) in [4.78, 5) is 28.7. The summed E-state index contributed by atoms with van der Waals surface area (Å²) < 4.78 is 7.04. The molecule has 0 spiro atoms. The van der Waals surface area contributed by atoms with Gasteiger partial charge in [-0.2, -0.15) is 5.10 Å². The number of hydrogen-bond acceptors (Lipinski definition) is 4. The Kier molecular flexibility index (Phi) is 6.21. The van der Waals surface area contributed by atoms with Crippen molar-refractivity contribution in [1.82, 2.24) is 19.6 Å². The summed E-state index contributed by atoms with van der Waals surface area (Å²) in [6.07, 6.45) is 4.15. The summed E-state index contributed by atoms with van der Waals surface area (Å²) in [5.74, 6) is 0.643. The average molecular weight is 386 g/mol. The topological polar surface area (TPSA) is 71.6 Å². The molecular formula is C21H30N4O3. The molecule has 1 aliphatic heterocycles. The lowest BCUT2D eigenvalue weighted by Gasteiger charge is -2.34. The molecule has 1 aliphatic rings. The molecule has 0 atom stereocenters. The Balaban J connectivity index is 1.51. The van der Waals surface area contributed by atoms with Gasteiger partial charge in [0.25, 0.3) is 5.91 Å². The first-order valence-electron chi connectivity index (χ1n) is 9.99. The van der Waals surface area contributed by atoms with Gasteiger partial charge in [0.05, 0.1) is 17.5 Å². The smallest absolute Gasteiger partial charge is 0.257 e. The van der Waals surface area contributed by atoms with E-state index in [4.69, 9.17) is 4.42 Å². The van der Waals surface area contributed by atoms with Crippen LogP contribution in [0.25, 0.3) is 0 Å². The minimum atomic E-state index is -0.0373. The predicted octanol–water partition coefficient (Wildman–Crippen LogP) is 2.67. The minimum absolute atomic E-state index is 0.0373. The molecule has 0 unspecified atom stereocenters. The van der Waals surface area contributed by atoms with E-state index in [2.05, 4.69) is 30.6 Å². The Morgan fingerprint density at radius 3 is 2.43 bits per heavy atom. The van der Waals surface area contributed by atoms with E-state index in [1.807, 2.05) is 11.8 Å². The Morgan fingerprint density at radius 1 is 1.14 bits per heavy atom. The summed E-state index contributed by atoms with van der Waals surface area (Å²) >= 11 is 0. The number of carbonyl (C=O) groups excluding carboxylic acids is 2. The van der Waals surface area contributed by atoms with Crippen LogP contribution in [0, 0.1) is 19.8 Å². The van der Waals surface area contributed by atoms with E-state index in [1.54, 1.807) is 11.0 Å². The fourth-order valence-electron chi connectivity index (χ4n) is 3.74. The zero-order valence-corrected chi connectivity index (χ0v) is 17.3. The Morgan fingerprint density at radius 2 is 1.82 bits per heavy atom. The van der Waals surface area contributed by atoms with Crippen molar-refractivity contribution in [1.29, 1.82) is 0 Å². The Bertz CT molecular complexity index is 815. The van der Waals surface area contributed by atoms with Crippen LogP contribution in [0.5, 0.6) is 0 Å². The molecule has 0 aromatic carbocycles. The standard InChI is InChI=1S/C21H30N4O3/c1-15(2)13-25-17(4)19(16(3)22-25)5-6-20(26)23-8-10-24(11-9-23)21(27)18-7-12-28-14-18/h7,12,14-15H,5-6,8-11,13H2,1-4H3. The summed E-state index contributed by atoms with van der Waals surface area (Å²) in [7, 11) is 0. The molecule has 7 nitrogen and oxygen atoms in total. The van der Waals surface area contributed by atoms with Gasteiger partial charge in [-0.1, -0.05) is 13.8 Å². The van der Waals surface area contributed by atoms with Gasteiger partial charge in [0.15, 0.2) is 0 Å². The minimum Gasteiger partial charge on any atom is -0.472 e. The van der Waals surface area contributed by atoms with Gasteiger partial charge in [0.1, 0.15) is 6.26 Å². The van der Waals surface area contributed by atoms with Crippen LogP contribution >= 0.6 is 0 Å². The molecule has 7 heteroatoms. The second-order valence-electron chi connectivity index (χ2n) is 7.91. The van der Waals surface area contributed by atoms with Gasteiger partial charge in [-0.15, -0.1) is 0 Å². The highest BCUT2D eigenvalue weighted by molar-refractivity contribution is 5.94. The number of furan rings is 1. The fourth-order valence-corrected chi connectivity index (χ4v) is 3.74. The van der Waals surface area contributed by atoms with Gasteiger partial charge in [-0.05, 0) is 37.8 Å². The first kappa shape index (κ1) is 20.2. The van der Waals surface area contributed by atoms with Crippen molar-refractivity contribution in [3.63, 3.8) is 0 Å². The SMILES string of the molecule is Cc1nn(CC(C)C)c(C)c1CCC(=O)N1CCN(C(=O)c2ccoc2)CC1. The molecule has 1 saturated heterocycles. The maximum Gasteiger partial charge on any atom is 0.257 e. The van der Waals surface area contributed by atoms with Crippen molar-refractivity contribution in [3.8, 4) is 0 Å². The number of hydrogen-bond donors (Lipinski definition) is 0. The summed E-state index contributed by atoms with van der Waals surface area (Å²) in [6.45, 7) is 11.6. The molecule has 0 N–H and O–H groups in total. The van der Waals surface area contributed by atoms with Crippen LogP contribution in [-0.2, 0) is 17.8 Å². The monoisotopic (exact) mass is 386 g/mol. The van der Waals surface area contributed by atoms with Crippen molar-refractivity contribution in [2.24, 2.45) is 5.92 Å². The quantitative estimate of drug-likeness (QED) is 0.765. The zero-order chi connectivity index (χ0) is 20.3. The third-order valence-electron chi connectivity index (χ3n) is 5.35. The molecule has 3 rings (SSSR count). The van der Waals surface area contributed by atoms with Crippen molar-refractivity contribution in [3.05, 3.63) is 41.1 Å². The molecule has 152 valence electrons. The van der Waals surface area contributed by atoms with Gasteiger partial charge in [-0.25, -0.2) is 0 Å². The molecule has 0 aliphatic carbocycles. The van der Waals surface area contributed by atoms with E-state index < -0.39 is 0 Å². The van der Waals surface area contributed by atoms with E-state index in [1.165, 1.54) is 18.1 Å². The zero-order valence-electron chi connectivity index (χ0n) is 17.3. The number of rotatable bonds is 6. The third kappa shape index (κ3) is 4.46. The number of piperazine rings is 1. The first-order chi connectivity index (χ1) is 13.4. The van der Waals surface area contributed by atoms with E-state index in [9.17, 15) is 9.59 Å². The second kappa shape index (κ2) is 8.63. The summed E-state index contributed by atoms with van der Waals surface area (Å²) in [6, 6.07) is 1.67. The van der Waals surface area contributed by atoms with E-state index in [0.717, 1.165) is 17.9 Å². The van der Waals surface area contributed by atoms with Crippen molar-refractivity contribution in [2.75, 3.05) is 26.2 Å². The lowest BCUT2D eigenvalue weighted by atomic mass is 10.1. The molecule has 3 heterocycles. The van der Waals surface area contributed by atoms with Crippen LogP contribution in [0.3, 0.4) is 0 Å². The third-order valence-corrected chi connectivity index (χ3v) is 5.35. The van der Waals surface area contributed by atoms with Gasteiger partial charge in [0, 0.05) is 44.8 Å². The first-order valence-corrected chi connectivity index (χ1v) is 9.99. The number of carbonyl (C=O) groups is 2. The highest BCUT2D eigenvalue weighted by Gasteiger charge is 2.25. The molecule has 0 bridgehead atoms. The number of nitrogens with zero attached hydrogens (tertiary/aromatic N) is 4. The second-order valence-corrected chi connectivity index (χ2v) is 7.91. The fraction of sp³-hybridized carbons (Fsp3) is 0.571. The van der Waals surface area contributed by atoms with Crippen LogP contribution in [0.1, 0.15) is 47.6 Å². The van der Waals surface area contributed by atoms with E-state index in [-0.39, 0.29) is 11.8 Å². The van der Waals surface area contributed by atoms with Crippen LogP contribution in [0.2, 0.25) is 0 Å². The molecule has 2 aromatic heterocycles. The molecular weight excluding hydrogens is 356 g/mol. The number of aromatic nitrogens is 2. The molecule has 0 radical (unpaired) electrons. The maximum atomic E-state index is 12.7. The summed E-state index contributed by atoms with van der Waals surface area (Å²) in [5, 5.41) is 4.63. The van der Waals surface area contributed by atoms with Gasteiger partial charge < -0.3 is 14.2 Å².